The van der Waals surface area contributed by atoms with Gasteiger partial charge in [-0.2, -0.15) is 4.98 Å². The Morgan fingerprint density at radius 3 is 2.27 bits per heavy atom. The molecule has 0 fully saturated rings. The summed E-state index contributed by atoms with van der Waals surface area (Å²) in [6, 6.07) is 26.3. The molecule has 1 heterocycles. The van der Waals surface area contributed by atoms with Crippen molar-refractivity contribution in [3.05, 3.63) is 102 Å². The summed E-state index contributed by atoms with van der Waals surface area (Å²) in [5.41, 5.74) is 2.97. The number of nitrogens with one attached hydrogen (secondary N) is 1. The van der Waals surface area contributed by atoms with E-state index in [9.17, 15) is 4.79 Å². The van der Waals surface area contributed by atoms with E-state index < -0.39 is 0 Å². The van der Waals surface area contributed by atoms with Gasteiger partial charge in [-0.1, -0.05) is 60.7 Å². The first-order valence-electron chi connectivity index (χ1n) is 8.23. The Morgan fingerprint density at radius 2 is 1.50 bits per heavy atom. The molecule has 0 aliphatic heterocycles. The Labute approximate surface area is 151 Å². The topological polar surface area (TPSA) is 59.8 Å². The van der Waals surface area contributed by atoms with Crippen molar-refractivity contribution in [3.8, 4) is 5.69 Å². The molecule has 1 aromatic heterocycles. The second kappa shape index (κ2) is 7.03. The average molecular weight is 340 g/mol. The SMILES string of the molecule is O=C(c1ccccc1)c1cccc(Nc2ncn(-c3ccccc3)n2)c1. The van der Waals surface area contributed by atoms with Gasteiger partial charge in [0.15, 0.2) is 5.78 Å². The van der Waals surface area contributed by atoms with E-state index in [1.54, 1.807) is 23.1 Å². The van der Waals surface area contributed by atoms with E-state index in [0.29, 0.717) is 17.1 Å². The van der Waals surface area contributed by atoms with Gasteiger partial charge in [0.05, 0.1) is 5.69 Å². The van der Waals surface area contributed by atoms with Crippen LogP contribution in [0.5, 0.6) is 0 Å². The third-order valence-electron chi connectivity index (χ3n) is 3.93. The molecule has 0 aliphatic rings. The van der Waals surface area contributed by atoms with Gasteiger partial charge in [-0.15, -0.1) is 5.10 Å². The van der Waals surface area contributed by atoms with Crippen molar-refractivity contribution >= 4 is 17.4 Å². The highest BCUT2D eigenvalue weighted by atomic mass is 16.1. The Kier molecular flexibility index (Phi) is 4.26. The highest BCUT2D eigenvalue weighted by Crippen LogP contribution is 2.18. The lowest BCUT2D eigenvalue weighted by atomic mass is 10.0. The number of ketones is 1. The molecule has 0 radical (unpaired) electrons. The zero-order valence-corrected chi connectivity index (χ0v) is 13.9. The maximum Gasteiger partial charge on any atom is 0.246 e. The van der Waals surface area contributed by atoms with Crippen LogP contribution in [0.4, 0.5) is 11.6 Å². The lowest BCUT2D eigenvalue weighted by Crippen LogP contribution is -2.02. The van der Waals surface area contributed by atoms with E-state index in [-0.39, 0.29) is 5.78 Å². The maximum absolute atomic E-state index is 12.6. The van der Waals surface area contributed by atoms with Gasteiger partial charge >= 0.3 is 0 Å². The van der Waals surface area contributed by atoms with E-state index in [1.807, 2.05) is 72.8 Å². The molecule has 26 heavy (non-hydrogen) atoms. The monoisotopic (exact) mass is 340 g/mol. The molecule has 5 nitrogen and oxygen atoms in total. The number of carbonyl (C=O) groups is 1. The van der Waals surface area contributed by atoms with Gasteiger partial charge in [0.1, 0.15) is 6.33 Å². The predicted molar refractivity (Wildman–Crippen MR) is 101 cm³/mol. The van der Waals surface area contributed by atoms with Crippen LogP contribution in [0, 0.1) is 0 Å². The van der Waals surface area contributed by atoms with Crippen molar-refractivity contribution in [2.75, 3.05) is 5.32 Å². The van der Waals surface area contributed by atoms with Crippen molar-refractivity contribution < 1.29 is 4.79 Å². The number of hydrogen-bond donors (Lipinski definition) is 1. The molecule has 4 aromatic rings. The summed E-state index contributed by atoms with van der Waals surface area (Å²) in [4.78, 5) is 16.9. The lowest BCUT2D eigenvalue weighted by Gasteiger charge is -2.05. The summed E-state index contributed by atoms with van der Waals surface area (Å²) in [6.45, 7) is 0. The Balaban J connectivity index is 1.55. The molecular formula is C21H16N4O. The van der Waals surface area contributed by atoms with Crippen LogP contribution in [-0.2, 0) is 0 Å². The van der Waals surface area contributed by atoms with E-state index in [0.717, 1.165) is 11.4 Å². The quantitative estimate of drug-likeness (QED) is 0.552. The first-order valence-corrected chi connectivity index (χ1v) is 8.23. The number of hydrogen-bond acceptors (Lipinski definition) is 4. The molecule has 0 spiro atoms. The number of benzene rings is 3. The normalized spacial score (nSPS) is 10.5. The average Bonchev–Trinajstić information content (AvgIpc) is 3.17. The summed E-state index contributed by atoms with van der Waals surface area (Å²) in [7, 11) is 0. The van der Waals surface area contributed by atoms with Gasteiger partial charge < -0.3 is 5.32 Å². The molecular weight excluding hydrogens is 324 g/mol. The van der Waals surface area contributed by atoms with Crippen LogP contribution >= 0.6 is 0 Å². The molecule has 0 atom stereocenters. The van der Waals surface area contributed by atoms with Gasteiger partial charge in [0.2, 0.25) is 5.95 Å². The minimum atomic E-state index is -0.0166. The van der Waals surface area contributed by atoms with Gasteiger partial charge in [-0.25, -0.2) is 4.68 Å². The van der Waals surface area contributed by atoms with Crippen LogP contribution < -0.4 is 5.32 Å². The van der Waals surface area contributed by atoms with Crippen LogP contribution in [0.2, 0.25) is 0 Å². The molecule has 1 N–H and O–H groups in total. The van der Waals surface area contributed by atoms with Gasteiger partial charge in [-0.3, -0.25) is 4.79 Å². The molecule has 5 heteroatoms. The molecule has 0 amide bonds. The summed E-state index contributed by atoms with van der Waals surface area (Å²) in [5.74, 6) is 0.454. The fraction of sp³-hybridized carbons (Fsp3) is 0. The van der Waals surface area contributed by atoms with E-state index >= 15 is 0 Å². The number of carbonyl (C=O) groups excluding carboxylic acids is 1. The van der Waals surface area contributed by atoms with Crippen LogP contribution in [0.1, 0.15) is 15.9 Å². The second-order valence-electron chi connectivity index (χ2n) is 5.75. The van der Waals surface area contributed by atoms with Gasteiger partial charge in [0.25, 0.3) is 0 Å². The zero-order chi connectivity index (χ0) is 17.8. The number of anilines is 2. The molecule has 0 saturated heterocycles. The van der Waals surface area contributed by atoms with Crippen molar-refractivity contribution in [2.45, 2.75) is 0 Å². The van der Waals surface area contributed by atoms with E-state index in [1.165, 1.54) is 0 Å². The van der Waals surface area contributed by atoms with Crippen molar-refractivity contribution in [3.63, 3.8) is 0 Å². The third kappa shape index (κ3) is 3.37. The van der Waals surface area contributed by atoms with Crippen LogP contribution in [0.15, 0.2) is 91.3 Å². The number of aromatic nitrogens is 3. The smallest absolute Gasteiger partial charge is 0.246 e. The standard InChI is InChI=1S/C21H16N4O/c26-20(16-8-3-1-4-9-16)17-10-7-11-18(14-17)23-21-22-15-25(24-21)19-12-5-2-6-13-19/h1-15H,(H,23,24). The van der Waals surface area contributed by atoms with E-state index in [2.05, 4.69) is 15.4 Å². The Bertz CT molecular complexity index is 1030. The predicted octanol–water partition coefficient (Wildman–Crippen LogP) is 4.24. The Hall–Kier alpha value is -3.73. The third-order valence-corrected chi connectivity index (χ3v) is 3.93. The lowest BCUT2D eigenvalue weighted by molar-refractivity contribution is 0.103. The molecule has 0 saturated carbocycles. The van der Waals surface area contributed by atoms with Crippen molar-refractivity contribution in [2.24, 2.45) is 0 Å². The van der Waals surface area contributed by atoms with Crippen molar-refractivity contribution in [1.29, 1.82) is 0 Å². The molecule has 0 bridgehead atoms. The minimum Gasteiger partial charge on any atom is -0.323 e. The number of rotatable bonds is 5. The summed E-state index contributed by atoms with van der Waals surface area (Å²) < 4.78 is 1.70. The summed E-state index contributed by atoms with van der Waals surface area (Å²) >= 11 is 0. The molecule has 4 rings (SSSR count). The summed E-state index contributed by atoms with van der Waals surface area (Å²) in [5, 5.41) is 7.56. The largest absolute Gasteiger partial charge is 0.323 e. The highest BCUT2D eigenvalue weighted by Gasteiger charge is 2.10. The maximum atomic E-state index is 12.6. The number of nitrogens with zero attached hydrogens (tertiary/aromatic N) is 3. The molecule has 0 unspecified atom stereocenters. The first kappa shape index (κ1) is 15.8. The van der Waals surface area contributed by atoms with Crippen molar-refractivity contribution in [1.82, 2.24) is 14.8 Å². The molecule has 3 aromatic carbocycles. The highest BCUT2D eigenvalue weighted by molar-refractivity contribution is 6.09. The second-order valence-corrected chi connectivity index (χ2v) is 5.75. The molecule has 0 aliphatic carbocycles. The van der Waals surface area contributed by atoms with Crippen LogP contribution in [0.25, 0.3) is 5.69 Å². The number of para-hydroxylation sites is 1. The first-order chi connectivity index (χ1) is 12.8. The summed E-state index contributed by atoms with van der Waals surface area (Å²) in [6.07, 6.45) is 1.65. The van der Waals surface area contributed by atoms with Gasteiger partial charge in [0, 0.05) is 16.8 Å². The zero-order valence-electron chi connectivity index (χ0n) is 13.9. The van der Waals surface area contributed by atoms with Crippen LogP contribution in [0.3, 0.4) is 0 Å². The van der Waals surface area contributed by atoms with Gasteiger partial charge in [-0.05, 0) is 24.3 Å². The molecule has 126 valence electrons. The Morgan fingerprint density at radius 1 is 0.808 bits per heavy atom. The van der Waals surface area contributed by atoms with E-state index in [4.69, 9.17) is 0 Å². The minimum absolute atomic E-state index is 0.0166. The van der Waals surface area contributed by atoms with Crippen LogP contribution in [-0.4, -0.2) is 20.5 Å². The fourth-order valence-corrected chi connectivity index (χ4v) is 2.65. The fourth-order valence-electron chi connectivity index (χ4n) is 2.65.